The van der Waals surface area contributed by atoms with Crippen LogP contribution in [0.15, 0.2) is 0 Å². The molecule has 0 saturated carbocycles. The second kappa shape index (κ2) is 36.9. The van der Waals surface area contributed by atoms with E-state index >= 15 is 0 Å². The molecule has 1 atom stereocenters. The van der Waals surface area contributed by atoms with Crippen molar-refractivity contribution in [3.05, 3.63) is 0 Å². The molecule has 0 heterocycles. The van der Waals surface area contributed by atoms with Gasteiger partial charge in [0.05, 0.1) is 0 Å². The standard InChI is InChI=1S/3C12H26N.C8H17O.Ti/c3*1-3-5-7-9-11-13-12-10-8-6-4-2;1-3-5-6-8(4-2)7-9;/h3*3-12H2,1-2H3;8H,3-7H2,1-2H3;/q4*-1;+4. The zero-order valence-corrected chi connectivity index (χ0v) is 37.1. The summed E-state index contributed by atoms with van der Waals surface area (Å²) in [5, 5.41) is 0. The van der Waals surface area contributed by atoms with E-state index in [1.807, 2.05) is 0 Å². The van der Waals surface area contributed by atoms with Crippen molar-refractivity contribution in [2.75, 3.05) is 45.9 Å². The fraction of sp³-hybridized carbons (Fsp3) is 1.00. The van der Waals surface area contributed by atoms with Gasteiger partial charge in [0.25, 0.3) is 0 Å². The molecule has 0 spiro atoms. The van der Waals surface area contributed by atoms with Crippen molar-refractivity contribution < 1.29 is 21.1 Å². The Labute approximate surface area is 316 Å². The first-order valence-electron chi connectivity index (χ1n) is 22.9. The molecule has 0 rings (SSSR count). The van der Waals surface area contributed by atoms with Gasteiger partial charge in [0.15, 0.2) is 0 Å². The molecule has 1 unspecified atom stereocenters. The third-order valence-electron chi connectivity index (χ3n) is 11.0. The maximum absolute atomic E-state index is 8.07. The van der Waals surface area contributed by atoms with Crippen molar-refractivity contribution in [2.24, 2.45) is 5.92 Å². The summed E-state index contributed by atoms with van der Waals surface area (Å²) < 4.78 is 17.5. The number of nitrogens with zero attached hydrogens (tertiary/aromatic N) is 3. The van der Waals surface area contributed by atoms with Crippen LogP contribution in [0.2, 0.25) is 0 Å². The predicted octanol–water partition coefficient (Wildman–Crippen LogP) is 14.4. The van der Waals surface area contributed by atoms with Gasteiger partial charge in [-0.25, -0.2) is 0 Å². The van der Waals surface area contributed by atoms with Crippen molar-refractivity contribution in [2.45, 2.75) is 235 Å². The molecule has 0 aromatic carbocycles. The van der Waals surface area contributed by atoms with Gasteiger partial charge in [-0.05, 0) is 0 Å². The van der Waals surface area contributed by atoms with Crippen molar-refractivity contribution >= 4 is 0 Å². The molecule has 0 aromatic rings. The normalized spacial score (nSPS) is 13.0. The molecular weight excluding hydrogens is 634 g/mol. The van der Waals surface area contributed by atoms with Crippen LogP contribution in [-0.2, 0) is 21.1 Å². The van der Waals surface area contributed by atoms with Crippen LogP contribution in [-0.4, -0.2) is 56.0 Å². The van der Waals surface area contributed by atoms with Crippen LogP contribution >= 0.6 is 0 Å². The summed E-state index contributed by atoms with van der Waals surface area (Å²) in [6.45, 7) is 27.5. The van der Waals surface area contributed by atoms with E-state index in [-0.39, 0.29) is 0 Å². The molecule has 0 bridgehead atoms. The van der Waals surface area contributed by atoms with E-state index in [9.17, 15) is 0 Å². The first kappa shape index (κ1) is 49.6. The van der Waals surface area contributed by atoms with E-state index in [4.69, 9.17) is 3.32 Å². The minimum absolute atomic E-state index is 0.691. The minimum atomic E-state index is -3.44. The van der Waals surface area contributed by atoms with Crippen LogP contribution < -0.4 is 0 Å². The number of hydrogen-bond donors (Lipinski definition) is 0. The monoisotopic (exact) mass is 730 g/mol. The molecule has 5 heteroatoms. The summed E-state index contributed by atoms with van der Waals surface area (Å²) in [6.07, 6.45) is 37.6. The van der Waals surface area contributed by atoms with Gasteiger partial charge in [-0.3, -0.25) is 0 Å². The van der Waals surface area contributed by atoms with Gasteiger partial charge >= 0.3 is 318 Å². The molecule has 0 N–H and O–H groups in total. The molecule has 0 aliphatic carbocycles. The van der Waals surface area contributed by atoms with E-state index < -0.39 is 17.7 Å². The summed E-state index contributed by atoms with van der Waals surface area (Å²) >= 11 is -3.44. The molecule has 296 valence electrons. The van der Waals surface area contributed by atoms with E-state index in [2.05, 4.69) is 65.5 Å². The second-order valence-electron chi connectivity index (χ2n) is 15.6. The van der Waals surface area contributed by atoms with Gasteiger partial charge in [0, 0.05) is 0 Å². The van der Waals surface area contributed by atoms with Crippen molar-refractivity contribution in [3.63, 3.8) is 0 Å². The van der Waals surface area contributed by atoms with E-state index in [1.54, 1.807) is 0 Å². The van der Waals surface area contributed by atoms with Crippen LogP contribution in [0.25, 0.3) is 0 Å². The third-order valence-corrected chi connectivity index (χ3v) is 17.8. The first-order valence-corrected chi connectivity index (χ1v) is 25.7. The van der Waals surface area contributed by atoms with Crippen molar-refractivity contribution in [1.82, 2.24) is 10.1 Å². The Hall–Kier alpha value is 0.554. The van der Waals surface area contributed by atoms with Crippen molar-refractivity contribution in [1.29, 1.82) is 0 Å². The van der Waals surface area contributed by atoms with Gasteiger partial charge in [-0.1, -0.05) is 0 Å². The number of hydrogen-bond acceptors (Lipinski definition) is 4. The number of unbranched alkanes of at least 4 members (excludes halogenated alkanes) is 19. The molecule has 0 aromatic heterocycles. The van der Waals surface area contributed by atoms with Crippen molar-refractivity contribution in [3.8, 4) is 0 Å². The maximum atomic E-state index is 8.07. The number of rotatable bonds is 40. The van der Waals surface area contributed by atoms with Crippen LogP contribution in [0.3, 0.4) is 0 Å². The van der Waals surface area contributed by atoms with Crippen LogP contribution in [0, 0.1) is 5.92 Å². The molecule has 0 aliphatic heterocycles. The topological polar surface area (TPSA) is 19.0 Å². The van der Waals surface area contributed by atoms with Crippen LogP contribution in [0.1, 0.15) is 235 Å². The second-order valence-corrected chi connectivity index (χ2v) is 20.8. The van der Waals surface area contributed by atoms with E-state index in [1.165, 1.54) is 219 Å². The molecular formula is C44H95N3OTi. The SMILES string of the molecule is CCCCCC[N](CCCCCC)[Ti]([O]CC(CC)CCCC)([N](CCCCCC)CCCCCC)[N](CCCCCC)CCCCCC. The van der Waals surface area contributed by atoms with E-state index in [0.717, 1.165) is 6.61 Å². The van der Waals surface area contributed by atoms with Gasteiger partial charge in [0.2, 0.25) is 0 Å². The Morgan fingerprint density at radius 1 is 0.347 bits per heavy atom. The summed E-state index contributed by atoms with van der Waals surface area (Å²) in [5.41, 5.74) is 0. The molecule has 0 amide bonds. The zero-order valence-electron chi connectivity index (χ0n) is 35.6. The summed E-state index contributed by atoms with van der Waals surface area (Å²) in [7, 11) is 0. The fourth-order valence-corrected chi connectivity index (χ4v) is 15.2. The Morgan fingerprint density at radius 2 is 0.612 bits per heavy atom. The third kappa shape index (κ3) is 23.8. The zero-order chi connectivity index (χ0) is 36.3. The average molecular weight is 730 g/mol. The quantitative estimate of drug-likeness (QED) is 0.0462. The van der Waals surface area contributed by atoms with Gasteiger partial charge in [0.1, 0.15) is 0 Å². The van der Waals surface area contributed by atoms with Crippen LogP contribution in [0.4, 0.5) is 0 Å². The molecule has 0 aliphatic rings. The van der Waals surface area contributed by atoms with Gasteiger partial charge in [-0.2, -0.15) is 0 Å². The Morgan fingerprint density at radius 3 is 0.837 bits per heavy atom. The predicted molar refractivity (Wildman–Crippen MR) is 219 cm³/mol. The molecule has 0 fully saturated rings. The van der Waals surface area contributed by atoms with Gasteiger partial charge < -0.3 is 0 Å². The average Bonchev–Trinajstić information content (AvgIpc) is 3.12. The fourth-order valence-electron chi connectivity index (χ4n) is 7.59. The summed E-state index contributed by atoms with van der Waals surface area (Å²) in [5.74, 6) is 0.691. The van der Waals surface area contributed by atoms with Crippen LogP contribution in [0.5, 0.6) is 0 Å². The molecule has 0 radical (unpaired) electrons. The molecule has 49 heavy (non-hydrogen) atoms. The summed E-state index contributed by atoms with van der Waals surface area (Å²) in [6, 6.07) is 0. The molecule has 0 saturated heterocycles. The first-order chi connectivity index (χ1) is 24.1. The Balaban J connectivity index is 7.29. The Bertz CT molecular complexity index is 544. The van der Waals surface area contributed by atoms with E-state index in [0.29, 0.717) is 5.92 Å². The molecule has 4 nitrogen and oxygen atoms in total. The summed E-state index contributed by atoms with van der Waals surface area (Å²) in [4.78, 5) is 0. The van der Waals surface area contributed by atoms with Gasteiger partial charge in [-0.15, -0.1) is 0 Å². The Kier molecular flexibility index (Phi) is 37.3.